The highest BCUT2D eigenvalue weighted by Gasteiger charge is 2.28. The lowest BCUT2D eigenvalue weighted by Gasteiger charge is -2.26. The zero-order valence-corrected chi connectivity index (χ0v) is 18.8. The molecular weight excluding hydrogens is 428 g/mol. The summed E-state index contributed by atoms with van der Waals surface area (Å²) < 4.78 is 38.1. The highest BCUT2D eigenvalue weighted by molar-refractivity contribution is 7.89. The number of nitrogens with zero attached hydrogens (tertiary/aromatic N) is 1. The molecule has 0 unspecified atom stereocenters. The van der Waals surface area contributed by atoms with Crippen molar-refractivity contribution in [1.29, 1.82) is 0 Å². The van der Waals surface area contributed by atoms with Gasteiger partial charge in [-0.3, -0.25) is 4.79 Å². The molecule has 1 fully saturated rings. The lowest BCUT2D eigenvalue weighted by Crippen LogP contribution is -2.40. The molecule has 0 aromatic heterocycles. The minimum Gasteiger partial charge on any atom is -0.483 e. The summed E-state index contributed by atoms with van der Waals surface area (Å²) in [5.41, 5.74) is 3.35. The van der Waals surface area contributed by atoms with Crippen molar-refractivity contribution in [2.24, 2.45) is 0 Å². The number of anilines is 1. The first-order valence-electron chi connectivity index (χ1n) is 9.56. The quantitative estimate of drug-likeness (QED) is 0.726. The van der Waals surface area contributed by atoms with Gasteiger partial charge >= 0.3 is 0 Å². The van der Waals surface area contributed by atoms with Crippen molar-refractivity contribution < 1.29 is 22.7 Å². The molecule has 1 aliphatic rings. The second kappa shape index (κ2) is 9.34. The van der Waals surface area contributed by atoms with E-state index in [0.29, 0.717) is 24.7 Å². The monoisotopic (exact) mass is 452 g/mol. The van der Waals surface area contributed by atoms with E-state index in [2.05, 4.69) is 5.32 Å². The van der Waals surface area contributed by atoms with Crippen molar-refractivity contribution >= 4 is 33.2 Å². The van der Waals surface area contributed by atoms with Crippen molar-refractivity contribution in [3.05, 3.63) is 52.0 Å². The lowest BCUT2D eigenvalue weighted by atomic mass is 10.1. The van der Waals surface area contributed by atoms with Gasteiger partial charge in [-0.25, -0.2) is 8.42 Å². The molecule has 162 valence electrons. The van der Waals surface area contributed by atoms with Crippen LogP contribution in [0.1, 0.15) is 16.7 Å². The molecule has 7 nitrogen and oxygen atoms in total. The van der Waals surface area contributed by atoms with Crippen LogP contribution in [0.2, 0.25) is 5.02 Å². The number of morpholine rings is 1. The number of sulfonamides is 1. The number of ether oxygens (including phenoxy) is 2. The van der Waals surface area contributed by atoms with Crippen molar-refractivity contribution in [3.8, 4) is 5.75 Å². The molecule has 1 saturated heterocycles. The molecule has 0 spiro atoms. The van der Waals surface area contributed by atoms with Crippen LogP contribution in [0.5, 0.6) is 5.75 Å². The predicted molar refractivity (Wildman–Crippen MR) is 116 cm³/mol. The van der Waals surface area contributed by atoms with Crippen molar-refractivity contribution in [3.63, 3.8) is 0 Å². The van der Waals surface area contributed by atoms with Crippen LogP contribution in [-0.2, 0) is 19.6 Å². The number of halogens is 1. The topological polar surface area (TPSA) is 84.9 Å². The summed E-state index contributed by atoms with van der Waals surface area (Å²) in [5, 5.41) is 2.77. The smallest absolute Gasteiger partial charge is 0.262 e. The first-order valence-corrected chi connectivity index (χ1v) is 11.4. The molecule has 3 rings (SSSR count). The maximum Gasteiger partial charge on any atom is 0.262 e. The zero-order chi connectivity index (χ0) is 21.9. The number of rotatable bonds is 6. The average Bonchev–Trinajstić information content (AvgIpc) is 2.69. The molecular formula is C21H25ClN2O5S. The summed E-state index contributed by atoms with van der Waals surface area (Å²) in [4.78, 5) is 12.3. The molecule has 0 bridgehead atoms. The fourth-order valence-corrected chi connectivity index (χ4v) is 5.34. The second-order valence-corrected chi connectivity index (χ2v) is 9.54. The van der Waals surface area contributed by atoms with E-state index in [-0.39, 0.29) is 29.6 Å². The van der Waals surface area contributed by atoms with Crippen LogP contribution in [0.4, 0.5) is 5.69 Å². The Hall–Kier alpha value is -2.13. The van der Waals surface area contributed by atoms with Gasteiger partial charge in [-0.15, -0.1) is 0 Å². The largest absolute Gasteiger partial charge is 0.483 e. The number of benzene rings is 2. The van der Waals surface area contributed by atoms with E-state index in [1.54, 1.807) is 6.07 Å². The van der Waals surface area contributed by atoms with E-state index in [4.69, 9.17) is 21.1 Å². The summed E-state index contributed by atoms with van der Waals surface area (Å²) in [6, 6.07) is 8.36. The average molecular weight is 453 g/mol. The molecule has 1 N–H and O–H groups in total. The zero-order valence-electron chi connectivity index (χ0n) is 17.2. The maximum absolute atomic E-state index is 12.9. The molecule has 0 saturated carbocycles. The van der Waals surface area contributed by atoms with Gasteiger partial charge in [-0.05, 0) is 50.1 Å². The second-order valence-electron chi connectivity index (χ2n) is 7.23. The van der Waals surface area contributed by atoms with Gasteiger partial charge in [-0.2, -0.15) is 4.31 Å². The molecule has 0 atom stereocenters. The number of hydrogen-bond donors (Lipinski definition) is 1. The van der Waals surface area contributed by atoms with Gasteiger partial charge in [0.25, 0.3) is 5.91 Å². The third-order valence-electron chi connectivity index (χ3n) is 4.76. The molecule has 1 aliphatic heterocycles. The van der Waals surface area contributed by atoms with Crippen molar-refractivity contribution in [2.75, 3.05) is 38.2 Å². The first kappa shape index (κ1) is 22.6. The Morgan fingerprint density at radius 2 is 1.77 bits per heavy atom. The third kappa shape index (κ3) is 5.13. The number of aryl methyl sites for hydroxylation is 3. The summed E-state index contributed by atoms with van der Waals surface area (Å²) in [6.45, 7) is 6.85. The van der Waals surface area contributed by atoms with Gasteiger partial charge in [0.1, 0.15) is 10.6 Å². The number of nitrogens with one attached hydrogen (secondary N) is 1. The van der Waals surface area contributed by atoms with Crippen molar-refractivity contribution in [2.45, 2.75) is 25.7 Å². The van der Waals surface area contributed by atoms with Gasteiger partial charge in [-0.1, -0.05) is 29.3 Å². The number of carbonyl (C=O) groups is 1. The van der Waals surface area contributed by atoms with Crippen LogP contribution in [0.25, 0.3) is 0 Å². The lowest BCUT2D eigenvalue weighted by molar-refractivity contribution is -0.118. The van der Waals surface area contributed by atoms with E-state index >= 15 is 0 Å². The standard InChI is InChI=1S/C21H25ClN2O5S/c1-14-10-15(2)21(16(3)11-14)29-13-20(25)23-17-4-5-18(22)19(12-17)30(26,27)24-6-8-28-9-7-24/h4-5,10-12H,6-9,13H2,1-3H3,(H,23,25). The number of hydrogen-bond acceptors (Lipinski definition) is 5. The van der Waals surface area contributed by atoms with E-state index in [0.717, 1.165) is 16.7 Å². The summed E-state index contributed by atoms with van der Waals surface area (Å²) in [5.74, 6) is 0.272. The van der Waals surface area contributed by atoms with Crippen LogP contribution in [0.3, 0.4) is 0 Å². The normalized spacial score (nSPS) is 15.1. The molecule has 9 heteroatoms. The van der Waals surface area contributed by atoms with Gasteiger partial charge in [0.05, 0.1) is 18.2 Å². The van der Waals surface area contributed by atoms with Gasteiger partial charge < -0.3 is 14.8 Å². The molecule has 0 radical (unpaired) electrons. The van der Waals surface area contributed by atoms with Crippen LogP contribution < -0.4 is 10.1 Å². The molecule has 1 amide bonds. The van der Waals surface area contributed by atoms with E-state index in [1.165, 1.54) is 16.4 Å². The first-order chi connectivity index (χ1) is 14.2. The Kier molecular flexibility index (Phi) is 7.02. The predicted octanol–water partition coefficient (Wildman–Crippen LogP) is 3.30. The minimum atomic E-state index is -3.78. The summed E-state index contributed by atoms with van der Waals surface area (Å²) in [7, 11) is -3.78. The molecule has 2 aromatic rings. The fraction of sp³-hybridized carbons (Fsp3) is 0.381. The van der Waals surface area contributed by atoms with E-state index in [9.17, 15) is 13.2 Å². The molecule has 2 aromatic carbocycles. The fourth-order valence-electron chi connectivity index (χ4n) is 3.43. The SMILES string of the molecule is Cc1cc(C)c(OCC(=O)Nc2ccc(Cl)c(S(=O)(=O)N3CCOCC3)c2)c(C)c1. The minimum absolute atomic E-state index is 0.0463. The van der Waals surface area contributed by atoms with Gasteiger partial charge in [0.15, 0.2) is 6.61 Å². The molecule has 30 heavy (non-hydrogen) atoms. The molecule has 1 heterocycles. The summed E-state index contributed by atoms with van der Waals surface area (Å²) >= 11 is 6.15. The number of amides is 1. The maximum atomic E-state index is 12.9. The van der Waals surface area contributed by atoms with Crippen LogP contribution in [0, 0.1) is 20.8 Å². The summed E-state index contributed by atoms with van der Waals surface area (Å²) in [6.07, 6.45) is 0. The Bertz CT molecular complexity index is 1030. The highest BCUT2D eigenvalue weighted by atomic mass is 35.5. The van der Waals surface area contributed by atoms with E-state index < -0.39 is 15.9 Å². The number of carbonyl (C=O) groups excluding carboxylic acids is 1. The van der Waals surface area contributed by atoms with Crippen molar-refractivity contribution in [1.82, 2.24) is 4.31 Å². The highest BCUT2D eigenvalue weighted by Crippen LogP contribution is 2.28. The Morgan fingerprint density at radius 3 is 2.40 bits per heavy atom. The van der Waals surface area contributed by atoms with Crippen LogP contribution in [-0.4, -0.2) is 51.5 Å². The van der Waals surface area contributed by atoms with Gasteiger partial charge in [0.2, 0.25) is 10.0 Å². The van der Waals surface area contributed by atoms with Gasteiger partial charge in [0, 0.05) is 18.8 Å². The van der Waals surface area contributed by atoms with Crippen LogP contribution >= 0.6 is 11.6 Å². The van der Waals surface area contributed by atoms with E-state index in [1.807, 2.05) is 32.9 Å². The molecule has 0 aliphatic carbocycles. The van der Waals surface area contributed by atoms with Crippen LogP contribution in [0.15, 0.2) is 35.2 Å². The Balaban J connectivity index is 1.71. The third-order valence-corrected chi connectivity index (χ3v) is 7.14. The Morgan fingerprint density at radius 1 is 1.13 bits per heavy atom. The Labute approximate surface area is 182 Å².